The minimum Gasteiger partial charge on any atom is -0.496 e. The number of aryl methyl sites for hydroxylation is 1. The van der Waals surface area contributed by atoms with Crippen molar-refractivity contribution in [2.24, 2.45) is 5.92 Å². The molecule has 0 bridgehead atoms. The summed E-state index contributed by atoms with van der Waals surface area (Å²) in [5, 5.41) is 3.69. The quantitative estimate of drug-likeness (QED) is 0.644. The molecule has 1 aliphatic rings. The molecule has 160 valence electrons. The summed E-state index contributed by atoms with van der Waals surface area (Å²) in [5.74, 6) is 0.321. The number of likely N-dealkylation sites (tertiary alicyclic amines) is 1. The van der Waals surface area contributed by atoms with Crippen molar-refractivity contribution in [1.82, 2.24) is 4.90 Å². The molecule has 30 heavy (non-hydrogen) atoms. The molecular weight excluding hydrogens is 400 g/mol. The third-order valence-corrected chi connectivity index (χ3v) is 5.93. The number of hydrogen-bond donors (Lipinski definition) is 1. The molecule has 0 spiro atoms. The summed E-state index contributed by atoms with van der Waals surface area (Å²) < 4.78 is 5.58. The number of piperidine rings is 1. The van der Waals surface area contributed by atoms with Crippen LogP contribution >= 0.6 is 11.6 Å². The van der Waals surface area contributed by atoms with Crippen molar-refractivity contribution in [3.8, 4) is 5.75 Å². The van der Waals surface area contributed by atoms with Crippen molar-refractivity contribution in [3.05, 3.63) is 58.6 Å². The van der Waals surface area contributed by atoms with Gasteiger partial charge >= 0.3 is 0 Å². The molecule has 1 N–H and O–H groups in total. The van der Waals surface area contributed by atoms with E-state index in [-0.39, 0.29) is 23.8 Å². The number of para-hydroxylation sites is 1. The highest BCUT2D eigenvalue weighted by atomic mass is 35.5. The summed E-state index contributed by atoms with van der Waals surface area (Å²) in [4.78, 5) is 28.1. The number of nitrogens with zero attached hydrogens (tertiary/aromatic N) is 1. The monoisotopic (exact) mass is 428 g/mol. The van der Waals surface area contributed by atoms with Crippen LogP contribution in [0.2, 0.25) is 5.02 Å². The molecule has 1 heterocycles. The average molecular weight is 429 g/mol. The van der Waals surface area contributed by atoms with Gasteiger partial charge in [0, 0.05) is 29.2 Å². The predicted octanol–water partition coefficient (Wildman–Crippen LogP) is 5.38. The van der Waals surface area contributed by atoms with Gasteiger partial charge in [-0.3, -0.25) is 9.59 Å². The van der Waals surface area contributed by atoms with Crippen LogP contribution in [0.3, 0.4) is 0 Å². The Morgan fingerprint density at radius 1 is 1.27 bits per heavy atom. The van der Waals surface area contributed by atoms with Crippen LogP contribution in [0.5, 0.6) is 5.75 Å². The van der Waals surface area contributed by atoms with Gasteiger partial charge in [0.1, 0.15) is 5.75 Å². The molecule has 0 saturated carbocycles. The van der Waals surface area contributed by atoms with Crippen LogP contribution in [0.15, 0.2) is 42.5 Å². The summed E-state index contributed by atoms with van der Waals surface area (Å²) in [6.45, 7) is 4.64. The van der Waals surface area contributed by atoms with Crippen LogP contribution in [0, 0.1) is 12.8 Å². The summed E-state index contributed by atoms with van der Waals surface area (Å²) >= 11 is 6.05. The highest BCUT2D eigenvalue weighted by Crippen LogP contribution is 2.41. The lowest BCUT2D eigenvalue weighted by atomic mass is 9.83. The standard InChI is InChI=1S/C24H29ClN2O3/c1-4-5-14-27-22(28)13-11-19(23(27)18-8-6-7-9-21(18)30-3)24(29)26-20-12-10-17(25)15-16(20)2/h6-10,12,15,19,23H,4-5,11,13-14H2,1-3H3,(H,26,29)/t19-,23-/m1/s1. The zero-order chi connectivity index (χ0) is 21.7. The number of methoxy groups -OCH3 is 1. The van der Waals surface area contributed by atoms with E-state index < -0.39 is 0 Å². The van der Waals surface area contributed by atoms with Crippen LogP contribution in [0.25, 0.3) is 0 Å². The number of carbonyl (C=O) groups is 2. The maximum Gasteiger partial charge on any atom is 0.229 e. The van der Waals surface area contributed by atoms with Gasteiger partial charge in [0.15, 0.2) is 0 Å². The Bertz CT molecular complexity index is 915. The highest BCUT2D eigenvalue weighted by Gasteiger charge is 2.41. The third kappa shape index (κ3) is 4.78. The number of unbranched alkanes of at least 4 members (excludes halogenated alkanes) is 1. The van der Waals surface area contributed by atoms with E-state index in [0.717, 1.165) is 29.7 Å². The molecule has 1 saturated heterocycles. The molecule has 1 fully saturated rings. The number of amides is 2. The van der Waals surface area contributed by atoms with E-state index in [0.29, 0.717) is 30.2 Å². The topological polar surface area (TPSA) is 58.6 Å². The number of rotatable bonds is 7. The summed E-state index contributed by atoms with van der Waals surface area (Å²) in [6, 6.07) is 12.7. The zero-order valence-corrected chi connectivity index (χ0v) is 18.5. The first-order valence-corrected chi connectivity index (χ1v) is 10.8. The van der Waals surface area contributed by atoms with E-state index in [1.807, 2.05) is 48.2 Å². The lowest BCUT2D eigenvalue weighted by Crippen LogP contribution is -2.47. The number of halogens is 1. The molecule has 5 nitrogen and oxygen atoms in total. The number of anilines is 1. The van der Waals surface area contributed by atoms with Gasteiger partial charge < -0.3 is 15.0 Å². The smallest absolute Gasteiger partial charge is 0.229 e. The molecule has 1 aliphatic heterocycles. The summed E-state index contributed by atoms with van der Waals surface area (Å²) in [6.07, 6.45) is 2.74. The van der Waals surface area contributed by atoms with Crippen molar-refractivity contribution in [1.29, 1.82) is 0 Å². The van der Waals surface area contributed by atoms with Gasteiger partial charge in [0.25, 0.3) is 0 Å². The van der Waals surface area contributed by atoms with E-state index >= 15 is 0 Å². The average Bonchev–Trinajstić information content (AvgIpc) is 2.74. The number of nitrogens with one attached hydrogen (secondary N) is 1. The second-order valence-corrected chi connectivity index (χ2v) is 8.16. The molecule has 2 aromatic carbocycles. The van der Waals surface area contributed by atoms with Crippen LogP contribution in [0.4, 0.5) is 5.69 Å². The van der Waals surface area contributed by atoms with Crippen LogP contribution in [-0.4, -0.2) is 30.4 Å². The first-order chi connectivity index (χ1) is 14.5. The molecule has 3 rings (SSSR count). The molecule has 0 radical (unpaired) electrons. The molecule has 2 atom stereocenters. The largest absolute Gasteiger partial charge is 0.496 e. The summed E-state index contributed by atoms with van der Waals surface area (Å²) in [5.41, 5.74) is 2.51. The van der Waals surface area contributed by atoms with Crippen LogP contribution < -0.4 is 10.1 Å². The molecular formula is C24H29ClN2O3. The molecule has 0 aliphatic carbocycles. The van der Waals surface area contributed by atoms with Gasteiger partial charge in [0.2, 0.25) is 11.8 Å². The molecule has 0 aromatic heterocycles. The van der Waals surface area contributed by atoms with Crippen molar-refractivity contribution >= 4 is 29.1 Å². The lowest BCUT2D eigenvalue weighted by molar-refractivity contribution is -0.142. The van der Waals surface area contributed by atoms with Gasteiger partial charge in [-0.15, -0.1) is 0 Å². The number of ether oxygens (including phenoxy) is 1. The van der Waals surface area contributed by atoms with E-state index in [2.05, 4.69) is 12.2 Å². The second-order valence-electron chi connectivity index (χ2n) is 7.72. The molecule has 2 amide bonds. The van der Waals surface area contributed by atoms with Crippen molar-refractivity contribution in [2.45, 2.75) is 45.6 Å². The van der Waals surface area contributed by atoms with Gasteiger partial charge in [-0.05, 0) is 49.6 Å². The minimum absolute atomic E-state index is 0.0890. The number of benzene rings is 2. The van der Waals surface area contributed by atoms with Gasteiger partial charge in [-0.25, -0.2) is 0 Å². The van der Waals surface area contributed by atoms with Crippen molar-refractivity contribution in [2.75, 3.05) is 19.0 Å². The normalized spacial score (nSPS) is 18.9. The fraction of sp³-hybridized carbons (Fsp3) is 0.417. The SMILES string of the molecule is CCCCN1C(=O)CC[C@@H](C(=O)Nc2ccc(Cl)cc2C)[C@H]1c1ccccc1OC. The fourth-order valence-electron chi connectivity index (χ4n) is 4.11. The third-order valence-electron chi connectivity index (χ3n) is 5.70. The van der Waals surface area contributed by atoms with E-state index in [9.17, 15) is 9.59 Å². The van der Waals surface area contributed by atoms with E-state index in [1.54, 1.807) is 13.2 Å². The van der Waals surface area contributed by atoms with Gasteiger partial charge in [-0.1, -0.05) is 43.1 Å². The predicted molar refractivity (Wildman–Crippen MR) is 120 cm³/mol. The number of carbonyl (C=O) groups excluding carboxylic acids is 2. The Kier molecular flexibility index (Phi) is 7.38. The Balaban J connectivity index is 1.97. The van der Waals surface area contributed by atoms with E-state index in [1.165, 1.54) is 0 Å². The molecule has 0 unspecified atom stereocenters. The van der Waals surface area contributed by atoms with E-state index in [4.69, 9.17) is 16.3 Å². The number of hydrogen-bond acceptors (Lipinski definition) is 3. The zero-order valence-electron chi connectivity index (χ0n) is 17.8. The maximum atomic E-state index is 13.4. The Morgan fingerprint density at radius 3 is 2.73 bits per heavy atom. The first-order valence-electron chi connectivity index (χ1n) is 10.5. The van der Waals surface area contributed by atoms with Crippen LogP contribution in [-0.2, 0) is 9.59 Å². The molecule has 2 aromatic rings. The van der Waals surface area contributed by atoms with Crippen LogP contribution in [0.1, 0.15) is 49.8 Å². The van der Waals surface area contributed by atoms with Gasteiger partial charge in [-0.2, -0.15) is 0 Å². The lowest BCUT2D eigenvalue weighted by Gasteiger charge is -2.41. The van der Waals surface area contributed by atoms with Crippen molar-refractivity contribution < 1.29 is 14.3 Å². The molecule has 6 heteroatoms. The Hall–Kier alpha value is -2.53. The summed E-state index contributed by atoms with van der Waals surface area (Å²) in [7, 11) is 1.62. The Morgan fingerprint density at radius 2 is 2.03 bits per heavy atom. The minimum atomic E-state index is -0.370. The maximum absolute atomic E-state index is 13.4. The fourth-order valence-corrected chi connectivity index (χ4v) is 4.33. The first kappa shape index (κ1) is 22.2. The Labute approximate surface area is 183 Å². The second kappa shape index (κ2) is 9.98. The highest BCUT2D eigenvalue weighted by molar-refractivity contribution is 6.30. The van der Waals surface area contributed by atoms with Crippen molar-refractivity contribution in [3.63, 3.8) is 0 Å². The van der Waals surface area contributed by atoms with Gasteiger partial charge in [0.05, 0.1) is 19.1 Å².